The molecule has 0 unspecified atom stereocenters. The van der Waals surface area contributed by atoms with Gasteiger partial charge in [0.25, 0.3) is 0 Å². The fourth-order valence-electron chi connectivity index (χ4n) is 5.29. The van der Waals surface area contributed by atoms with Crippen LogP contribution in [0.25, 0.3) is 22.3 Å². The van der Waals surface area contributed by atoms with Gasteiger partial charge in [0, 0.05) is 18.2 Å². The summed E-state index contributed by atoms with van der Waals surface area (Å²) in [5.74, 6) is -3.93. The van der Waals surface area contributed by atoms with Gasteiger partial charge in [-0.1, -0.05) is 0 Å². The molecule has 0 saturated carbocycles. The monoisotopic (exact) mass is 711 g/mol. The molecule has 2 aromatic carbocycles. The van der Waals surface area contributed by atoms with Gasteiger partial charge in [0.2, 0.25) is 18.3 Å². The van der Waals surface area contributed by atoms with Gasteiger partial charge in [-0.15, -0.1) is 0 Å². The molecule has 2 fully saturated rings. The first-order chi connectivity index (χ1) is 23.7. The van der Waals surface area contributed by atoms with Crippen LogP contribution in [0.4, 0.5) is 0 Å². The van der Waals surface area contributed by atoms with Gasteiger partial charge in [0.15, 0.2) is 11.5 Å². The molecular formula is C31H35O19+. The lowest BCUT2D eigenvalue weighted by Crippen LogP contribution is -2.60. The SMILES string of the molecule is COc1cc(-c2[o+]c3cc(O)cc(O[C@@H]4O[C@H](CO)[C@H](O)[C@H](O)[C@H]4O)c3cc2O[C@@H]2O[C@H](COC(=O)CC(=O)O)[C@H](O)[C@@H](O)[C@@H]2O)ccc1O. The summed E-state index contributed by atoms with van der Waals surface area (Å²) >= 11 is 0. The zero-order chi connectivity index (χ0) is 36.4. The van der Waals surface area contributed by atoms with E-state index in [2.05, 4.69) is 0 Å². The molecule has 10 N–H and O–H groups in total. The molecule has 3 aromatic rings. The Morgan fingerprint density at radius 2 is 1.40 bits per heavy atom. The van der Waals surface area contributed by atoms with E-state index < -0.39 is 98.7 Å². The number of benzene rings is 2. The Kier molecular flexibility index (Phi) is 11.1. The maximum absolute atomic E-state index is 11.8. The summed E-state index contributed by atoms with van der Waals surface area (Å²) in [5, 5.41) is 102. The number of ether oxygens (including phenoxy) is 6. The number of aliphatic hydroxyl groups excluding tert-OH is 7. The molecule has 2 aliphatic rings. The zero-order valence-corrected chi connectivity index (χ0v) is 26.0. The lowest BCUT2D eigenvalue weighted by molar-refractivity contribution is -0.278. The second kappa shape index (κ2) is 15.1. The molecule has 0 amide bonds. The molecule has 3 heterocycles. The Balaban J connectivity index is 1.56. The summed E-state index contributed by atoms with van der Waals surface area (Å²) in [6.07, 6.45) is -18.3. The van der Waals surface area contributed by atoms with Crippen molar-refractivity contribution in [3.63, 3.8) is 0 Å². The second-order valence-electron chi connectivity index (χ2n) is 11.4. The van der Waals surface area contributed by atoms with Crippen LogP contribution in [0, 0.1) is 0 Å². The highest BCUT2D eigenvalue weighted by atomic mass is 16.7. The van der Waals surface area contributed by atoms with Crippen molar-refractivity contribution in [2.75, 3.05) is 20.3 Å². The number of carbonyl (C=O) groups is 2. The van der Waals surface area contributed by atoms with Crippen molar-refractivity contribution in [1.29, 1.82) is 0 Å². The summed E-state index contributed by atoms with van der Waals surface area (Å²) in [6.45, 7) is -1.49. The second-order valence-corrected chi connectivity index (χ2v) is 11.4. The Hall–Kier alpha value is -4.57. The highest BCUT2D eigenvalue weighted by Gasteiger charge is 2.47. The van der Waals surface area contributed by atoms with Crippen LogP contribution in [0.2, 0.25) is 0 Å². The molecule has 0 bridgehead atoms. The molecule has 1 aromatic heterocycles. The van der Waals surface area contributed by atoms with Crippen LogP contribution >= 0.6 is 0 Å². The summed E-state index contributed by atoms with van der Waals surface area (Å²) in [7, 11) is 1.29. The zero-order valence-electron chi connectivity index (χ0n) is 26.0. The third-order valence-electron chi connectivity index (χ3n) is 7.95. The van der Waals surface area contributed by atoms with Crippen molar-refractivity contribution < 1.29 is 93.5 Å². The maximum Gasteiger partial charge on any atom is 0.402 e. The Morgan fingerprint density at radius 3 is 2.02 bits per heavy atom. The molecule has 0 aliphatic carbocycles. The largest absolute Gasteiger partial charge is 0.507 e. The number of aliphatic carboxylic acids is 1. The highest BCUT2D eigenvalue weighted by molar-refractivity contribution is 5.90. The number of fused-ring (bicyclic) bond motifs is 1. The number of hydrogen-bond acceptors (Lipinski definition) is 17. The molecule has 272 valence electrons. The van der Waals surface area contributed by atoms with E-state index in [0.29, 0.717) is 0 Å². The summed E-state index contributed by atoms with van der Waals surface area (Å²) in [4.78, 5) is 22.6. The first-order valence-electron chi connectivity index (χ1n) is 14.9. The third kappa shape index (κ3) is 7.60. The quantitative estimate of drug-likeness (QED) is 0.0595. The molecular weight excluding hydrogens is 676 g/mol. The van der Waals surface area contributed by atoms with Crippen LogP contribution in [-0.4, -0.2) is 145 Å². The van der Waals surface area contributed by atoms with Crippen molar-refractivity contribution in [3.8, 4) is 40.1 Å². The van der Waals surface area contributed by atoms with Crippen LogP contribution in [0.1, 0.15) is 6.42 Å². The predicted molar refractivity (Wildman–Crippen MR) is 161 cm³/mol. The number of carboxylic acid groups (broad SMARTS) is 1. The van der Waals surface area contributed by atoms with E-state index in [1.165, 1.54) is 37.4 Å². The number of aromatic hydroxyl groups is 2. The van der Waals surface area contributed by atoms with Crippen LogP contribution in [0.5, 0.6) is 28.7 Å². The normalized spacial score (nSPS) is 29.7. The number of carbonyl (C=O) groups excluding carboxylic acids is 1. The number of rotatable bonds is 11. The number of methoxy groups -OCH3 is 1. The average Bonchev–Trinajstić information content (AvgIpc) is 3.08. The lowest BCUT2D eigenvalue weighted by Gasteiger charge is -2.39. The van der Waals surface area contributed by atoms with Crippen LogP contribution in [0.3, 0.4) is 0 Å². The van der Waals surface area contributed by atoms with Gasteiger partial charge in [-0.05, 0) is 12.1 Å². The first-order valence-corrected chi connectivity index (χ1v) is 14.9. The van der Waals surface area contributed by atoms with Gasteiger partial charge >= 0.3 is 23.3 Å². The smallest absolute Gasteiger partial charge is 0.402 e. The number of phenolic OH excluding ortho intramolecular Hbond substituents is 2. The number of esters is 1. The Morgan fingerprint density at radius 1 is 0.780 bits per heavy atom. The van der Waals surface area contributed by atoms with Crippen molar-refractivity contribution in [2.45, 2.75) is 67.8 Å². The Bertz CT molecular complexity index is 1700. The number of phenols is 2. The minimum atomic E-state index is -1.93. The predicted octanol–water partition coefficient (Wildman–Crippen LogP) is -1.82. The topological polar surface area (TPSA) is 303 Å². The van der Waals surface area contributed by atoms with Gasteiger partial charge < -0.3 is 79.5 Å². The molecule has 50 heavy (non-hydrogen) atoms. The van der Waals surface area contributed by atoms with Crippen LogP contribution in [0.15, 0.2) is 40.8 Å². The van der Waals surface area contributed by atoms with E-state index in [9.17, 15) is 55.5 Å². The maximum atomic E-state index is 11.8. The van der Waals surface area contributed by atoms with Gasteiger partial charge in [-0.2, -0.15) is 0 Å². The number of aliphatic hydroxyl groups is 7. The molecule has 5 rings (SSSR count). The summed E-state index contributed by atoms with van der Waals surface area (Å²) < 4.78 is 38.9. The standard InChI is InChI=1S/C31H34O19/c1-44-17-4-11(2-3-14(17)34)29-18(48-31-28(43)26(41)24(39)20(50-31)10-45-22(37)8-21(35)36)7-13-15(46-29)5-12(33)6-16(13)47-30-27(42)25(40)23(38)19(9-32)49-30/h2-7,19-20,23-28,30-32,38-43H,8-10H2,1H3,(H2-,33,34,35,36)/p+1/t19-,20-,23+,24+,25+,26-,27-,28+,30-,31-/m1/s1. The highest BCUT2D eigenvalue weighted by Crippen LogP contribution is 2.43. The van der Waals surface area contributed by atoms with Gasteiger partial charge in [0.05, 0.1) is 25.3 Å². The molecule has 0 radical (unpaired) electrons. The third-order valence-corrected chi connectivity index (χ3v) is 7.95. The molecule has 19 nitrogen and oxygen atoms in total. The average molecular weight is 712 g/mol. The molecule has 10 atom stereocenters. The Labute approximate surface area is 281 Å². The molecule has 19 heteroatoms. The fraction of sp³-hybridized carbons (Fsp3) is 0.452. The molecule has 0 spiro atoms. The number of hydrogen-bond donors (Lipinski definition) is 10. The van der Waals surface area contributed by atoms with E-state index in [4.69, 9.17) is 37.9 Å². The van der Waals surface area contributed by atoms with Crippen molar-refractivity contribution in [2.24, 2.45) is 0 Å². The van der Waals surface area contributed by atoms with E-state index in [-0.39, 0.29) is 45.3 Å². The van der Waals surface area contributed by atoms with Gasteiger partial charge in [-0.3, -0.25) is 9.59 Å². The summed E-state index contributed by atoms with van der Waals surface area (Å²) in [6, 6.07) is 7.53. The van der Waals surface area contributed by atoms with Gasteiger partial charge in [-0.25, -0.2) is 4.42 Å². The molecule has 2 aliphatic heterocycles. The van der Waals surface area contributed by atoms with Crippen LogP contribution < -0.4 is 14.2 Å². The van der Waals surface area contributed by atoms with E-state index in [1.54, 1.807) is 0 Å². The fourth-order valence-corrected chi connectivity index (χ4v) is 5.29. The van der Waals surface area contributed by atoms with Crippen molar-refractivity contribution >= 4 is 22.9 Å². The van der Waals surface area contributed by atoms with Crippen molar-refractivity contribution in [3.05, 3.63) is 36.4 Å². The first kappa shape index (κ1) is 36.7. The number of carboxylic acids is 1. The van der Waals surface area contributed by atoms with E-state index >= 15 is 0 Å². The summed E-state index contributed by atoms with van der Waals surface area (Å²) in [5.41, 5.74) is 0.115. The minimum absolute atomic E-state index is 0.00188. The minimum Gasteiger partial charge on any atom is -0.507 e. The van der Waals surface area contributed by atoms with Crippen LogP contribution in [-0.2, 0) is 23.8 Å². The van der Waals surface area contributed by atoms with E-state index in [1.807, 2.05) is 0 Å². The van der Waals surface area contributed by atoms with Gasteiger partial charge in [0.1, 0.15) is 78.7 Å². The molecule has 2 saturated heterocycles. The van der Waals surface area contributed by atoms with E-state index in [0.717, 1.165) is 6.07 Å². The lowest BCUT2D eigenvalue weighted by atomic mass is 9.99. The van der Waals surface area contributed by atoms with Crippen molar-refractivity contribution in [1.82, 2.24) is 0 Å².